The van der Waals surface area contributed by atoms with Crippen LogP contribution in [0.1, 0.15) is 38.0 Å². The molecule has 1 saturated heterocycles. The summed E-state index contributed by atoms with van der Waals surface area (Å²) in [5.74, 6) is 0.984. The third-order valence-electron chi connectivity index (χ3n) is 4.45. The lowest BCUT2D eigenvalue weighted by Gasteiger charge is -2.36. The van der Waals surface area contributed by atoms with E-state index in [-0.39, 0.29) is 0 Å². The summed E-state index contributed by atoms with van der Waals surface area (Å²) in [6.07, 6.45) is 5.06. The minimum atomic E-state index is -0.431. The van der Waals surface area contributed by atoms with Crippen LogP contribution in [0.4, 0.5) is 5.69 Å². The Morgan fingerprint density at radius 2 is 2.00 bits per heavy atom. The molecule has 1 atom stereocenters. The van der Waals surface area contributed by atoms with E-state index in [9.17, 15) is 5.11 Å². The van der Waals surface area contributed by atoms with Gasteiger partial charge in [0.2, 0.25) is 0 Å². The van der Waals surface area contributed by atoms with Crippen LogP contribution in [0.3, 0.4) is 0 Å². The van der Waals surface area contributed by atoms with Crippen molar-refractivity contribution in [1.82, 2.24) is 9.88 Å². The first-order valence-corrected chi connectivity index (χ1v) is 7.87. The van der Waals surface area contributed by atoms with Gasteiger partial charge in [-0.3, -0.25) is 9.88 Å². The van der Waals surface area contributed by atoms with Crippen LogP contribution in [0.15, 0.2) is 18.3 Å². The first-order chi connectivity index (χ1) is 9.76. The highest BCUT2D eigenvalue weighted by Gasteiger charge is 2.26. The van der Waals surface area contributed by atoms with Crippen molar-refractivity contribution in [1.29, 1.82) is 0 Å². The summed E-state index contributed by atoms with van der Waals surface area (Å²) in [6, 6.07) is 4.05. The predicted octanol–water partition coefficient (Wildman–Crippen LogP) is 2.06. The number of aromatic nitrogens is 1. The van der Waals surface area contributed by atoms with Gasteiger partial charge in [0.25, 0.3) is 0 Å². The molecule has 0 amide bonds. The molecule has 4 nitrogen and oxygen atoms in total. The smallest absolute Gasteiger partial charge is 0.0957 e. The Balaban J connectivity index is 1.54. The van der Waals surface area contributed by atoms with E-state index in [2.05, 4.69) is 20.9 Å². The largest absolute Gasteiger partial charge is 0.387 e. The van der Waals surface area contributed by atoms with E-state index in [1.54, 1.807) is 0 Å². The number of hydrogen-bond acceptors (Lipinski definition) is 4. The molecule has 2 aliphatic rings. The molecule has 1 aliphatic heterocycles. The number of anilines is 1. The monoisotopic (exact) mass is 275 g/mol. The zero-order valence-electron chi connectivity index (χ0n) is 12.3. The van der Waals surface area contributed by atoms with Crippen molar-refractivity contribution in [3.05, 3.63) is 24.0 Å². The van der Waals surface area contributed by atoms with Crippen molar-refractivity contribution < 1.29 is 5.11 Å². The van der Waals surface area contributed by atoms with E-state index in [0.29, 0.717) is 6.42 Å². The number of aliphatic hydroxyl groups is 1. The van der Waals surface area contributed by atoms with Gasteiger partial charge in [0.05, 0.1) is 23.7 Å². The zero-order valence-corrected chi connectivity index (χ0v) is 12.3. The van der Waals surface area contributed by atoms with E-state index in [1.807, 2.05) is 19.2 Å². The molecule has 0 spiro atoms. The second-order valence-corrected chi connectivity index (χ2v) is 6.10. The Hall–Kier alpha value is -1.13. The van der Waals surface area contributed by atoms with E-state index in [1.165, 1.54) is 25.1 Å². The topological polar surface area (TPSA) is 39.6 Å². The number of hydrogen-bond donors (Lipinski definition) is 1. The summed E-state index contributed by atoms with van der Waals surface area (Å²) in [4.78, 5) is 9.39. The maximum atomic E-state index is 9.77. The molecule has 0 radical (unpaired) electrons. The quantitative estimate of drug-likeness (QED) is 0.893. The fourth-order valence-electron chi connectivity index (χ4n) is 2.85. The molecule has 20 heavy (non-hydrogen) atoms. The van der Waals surface area contributed by atoms with Crippen LogP contribution in [0, 0.1) is 5.92 Å². The van der Waals surface area contributed by atoms with Crippen LogP contribution in [-0.2, 0) is 0 Å². The number of rotatable bonds is 5. The molecule has 2 fully saturated rings. The summed E-state index contributed by atoms with van der Waals surface area (Å²) < 4.78 is 0. The Morgan fingerprint density at radius 1 is 1.25 bits per heavy atom. The zero-order chi connectivity index (χ0) is 13.9. The van der Waals surface area contributed by atoms with Gasteiger partial charge in [-0.1, -0.05) is 6.92 Å². The molecule has 1 N–H and O–H groups in total. The second kappa shape index (κ2) is 6.10. The molecule has 1 aliphatic carbocycles. The highest BCUT2D eigenvalue weighted by molar-refractivity contribution is 5.45. The molecule has 1 unspecified atom stereocenters. The van der Waals surface area contributed by atoms with Crippen molar-refractivity contribution in [3.63, 3.8) is 0 Å². The van der Waals surface area contributed by atoms with Gasteiger partial charge in [-0.2, -0.15) is 0 Å². The van der Waals surface area contributed by atoms with Gasteiger partial charge in [-0.15, -0.1) is 0 Å². The molecule has 110 valence electrons. The van der Waals surface area contributed by atoms with Crippen molar-refractivity contribution >= 4 is 5.69 Å². The van der Waals surface area contributed by atoms with Gasteiger partial charge in [-0.05, 0) is 37.3 Å². The summed E-state index contributed by atoms with van der Waals surface area (Å²) >= 11 is 0. The number of aliphatic hydroxyl groups excluding tert-OH is 1. The second-order valence-electron chi connectivity index (χ2n) is 6.10. The van der Waals surface area contributed by atoms with Crippen LogP contribution in [0.2, 0.25) is 0 Å². The standard InChI is InChI=1S/C16H25N3O/c1-2-16(20)15-6-5-14(11-17-15)19-9-7-18(8-10-19)12-13-3-4-13/h5-6,11,13,16,20H,2-4,7-10,12H2,1H3. The lowest BCUT2D eigenvalue weighted by molar-refractivity contribution is 0.169. The average molecular weight is 275 g/mol. The molecule has 4 heteroatoms. The van der Waals surface area contributed by atoms with Gasteiger partial charge in [0.15, 0.2) is 0 Å². The minimum absolute atomic E-state index is 0.431. The lowest BCUT2D eigenvalue weighted by Crippen LogP contribution is -2.47. The highest BCUT2D eigenvalue weighted by atomic mass is 16.3. The Bertz CT molecular complexity index is 422. The summed E-state index contributed by atoms with van der Waals surface area (Å²) in [6.45, 7) is 7.77. The van der Waals surface area contributed by atoms with Gasteiger partial charge < -0.3 is 10.0 Å². The van der Waals surface area contributed by atoms with E-state index in [4.69, 9.17) is 0 Å². The SMILES string of the molecule is CCC(O)c1ccc(N2CCN(CC3CC3)CC2)cn1. The van der Waals surface area contributed by atoms with E-state index < -0.39 is 6.10 Å². The Kier molecular flexibility index (Phi) is 4.22. The van der Waals surface area contributed by atoms with Crippen LogP contribution >= 0.6 is 0 Å². The molecule has 1 aromatic heterocycles. The Labute approximate surface area is 121 Å². The minimum Gasteiger partial charge on any atom is -0.387 e. The molecule has 3 rings (SSSR count). The molecule has 2 heterocycles. The fourth-order valence-corrected chi connectivity index (χ4v) is 2.85. The van der Waals surface area contributed by atoms with Gasteiger partial charge in [0.1, 0.15) is 0 Å². The van der Waals surface area contributed by atoms with Crippen molar-refractivity contribution in [2.75, 3.05) is 37.6 Å². The first kappa shape index (κ1) is 13.8. The van der Waals surface area contributed by atoms with Crippen LogP contribution in [0.5, 0.6) is 0 Å². The summed E-state index contributed by atoms with van der Waals surface area (Å²) in [5, 5.41) is 9.77. The molecular formula is C16H25N3O. The maximum absolute atomic E-state index is 9.77. The van der Waals surface area contributed by atoms with Crippen molar-refractivity contribution in [2.24, 2.45) is 5.92 Å². The molecular weight excluding hydrogens is 250 g/mol. The molecule has 0 aromatic carbocycles. The van der Waals surface area contributed by atoms with Crippen molar-refractivity contribution in [3.8, 4) is 0 Å². The Morgan fingerprint density at radius 3 is 2.55 bits per heavy atom. The normalized spacial score (nSPS) is 22.0. The first-order valence-electron chi connectivity index (χ1n) is 7.87. The van der Waals surface area contributed by atoms with E-state index in [0.717, 1.165) is 37.8 Å². The highest BCUT2D eigenvalue weighted by Crippen LogP contribution is 2.30. The van der Waals surface area contributed by atoms with Gasteiger partial charge in [0, 0.05) is 32.7 Å². The van der Waals surface area contributed by atoms with Crippen LogP contribution in [-0.4, -0.2) is 47.7 Å². The summed E-state index contributed by atoms with van der Waals surface area (Å²) in [7, 11) is 0. The van der Waals surface area contributed by atoms with Crippen LogP contribution < -0.4 is 4.90 Å². The molecule has 0 bridgehead atoms. The van der Waals surface area contributed by atoms with Crippen LogP contribution in [0.25, 0.3) is 0 Å². The lowest BCUT2D eigenvalue weighted by atomic mass is 10.2. The average Bonchev–Trinajstić information content (AvgIpc) is 3.31. The molecule has 1 aromatic rings. The maximum Gasteiger partial charge on any atom is 0.0957 e. The third-order valence-corrected chi connectivity index (χ3v) is 4.45. The predicted molar refractivity (Wildman–Crippen MR) is 80.9 cm³/mol. The third kappa shape index (κ3) is 3.30. The van der Waals surface area contributed by atoms with Crippen molar-refractivity contribution in [2.45, 2.75) is 32.3 Å². The van der Waals surface area contributed by atoms with E-state index >= 15 is 0 Å². The molecule has 1 saturated carbocycles. The number of pyridine rings is 1. The van der Waals surface area contributed by atoms with Gasteiger partial charge >= 0.3 is 0 Å². The number of piperazine rings is 1. The van der Waals surface area contributed by atoms with Gasteiger partial charge in [-0.25, -0.2) is 0 Å². The summed E-state index contributed by atoms with van der Waals surface area (Å²) in [5.41, 5.74) is 1.96. The number of nitrogens with zero attached hydrogens (tertiary/aromatic N) is 3. The fraction of sp³-hybridized carbons (Fsp3) is 0.688.